The van der Waals surface area contributed by atoms with Crippen LogP contribution in [0.25, 0.3) is 0 Å². The van der Waals surface area contributed by atoms with Gasteiger partial charge in [0.15, 0.2) is 0 Å². The number of thioether (sulfide) groups is 1. The quantitative estimate of drug-likeness (QED) is 0.708. The molecule has 0 aliphatic heterocycles. The lowest BCUT2D eigenvalue weighted by Crippen LogP contribution is -2.48. The minimum atomic E-state index is -0.396. The largest absolute Gasteiger partial charge is 0.346 e. The van der Waals surface area contributed by atoms with Crippen molar-refractivity contribution in [2.45, 2.75) is 37.0 Å². The minimum Gasteiger partial charge on any atom is -0.346 e. The topological polar surface area (TPSA) is 68.0 Å². The monoisotopic (exact) mass is 407 g/mol. The Hall–Kier alpha value is -0.790. The number of hydrogen-bond donors (Lipinski definition) is 2. The Bertz CT molecular complexity index is 645. The fourth-order valence-corrected chi connectivity index (χ4v) is 3.27. The van der Waals surface area contributed by atoms with Crippen molar-refractivity contribution in [3.63, 3.8) is 0 Å². The molecule has 1 heterocycles. The van der Waals surface area contributed by atoms with Gasteiger partial charge in [-0.15, -0.1) is 47.9 Å². The second kappa shape index (κ2) is 10.3. The summed E-state index contributed by atoms with van der Waals surface area (Å²) in [6.07, 6.45) is 0. The number of hydrogen-bond acceptors (Lipinski definition) is 5. The van der Waals surface area contributed by atoms with Gasteiger partial charge in [0.05, 0.1) is 10.7 Å². The molecular weight excluding hydrogens is 385 g/mol. The van der Waals surface area contributed by atoms with Crippen LogP contribution >= 0.6 is 47.9 Å². The summed E-state index contributed by atoms with van der Waals surface area (Å²) in [5, 5.41) is 6.09. The number of aryl methyl sites for hydroxylation is 1. The maximum atomic E-state index is 12.1. The van der Waals surface area contributed by atoms with Crippen LogP contribution in [0.15, 0.2) is 34.5 Å². The summed E-state index contributed by atoms with van der Waals surface area (Å²) in [5.74, 6) is 0.748. The van der Waals surface area contributed by atoms with Crippen LogP contribution in [0.1, 0.15) is 34.9 Å². The molecule has 2 rings (SSSR count). The molecule has 1 aromatic carbocycles. The molecule has 0 fully saturated rings. The summed E-state index contributed by atoms with van der Waals surface area (Å²) >= 11 is 3.38. The molecule has 4 nitrogen and oxygen atoms in total. The number of benzene rings is 1. The van der Waals surface area contributed by atoms with E-state index in [0.717, 1.165) is 21.3 Å². The van der Waals surface area contributed by atoms with Gasteiger partial charge < -0.3 is 11.1 Å². The number of carbonyl (C=O) groups excluding carboxylic acids is 1. The summed E-state index contributed by atoms with van der Waals surface area (Å²) in [4.78, 5) is 17.7. The highest BCUT2D eigenvalue weighted by atomic mass is 35.5. The number of halogens is 2. The average molecular weight is 408 g/mol. The first-order valence-electron chi connectivity index (χ1n) is 7.06. The molecule has 0 aliphatic rings. The number of amides is 1. The molecule has 0 unspecified atom stereocenters. The average Bonchev–Trinajstić information content (AvgIpc) is 2.91. The van der Waals surface area contributed by atoms with Gasteiger partial charge in [0, 0.05) is 33.7 Å². The lowest BCUT2D eigenvalue weighted by Gasteiger charge is -2.24. The van der Waals surface area contributed by atoms with Crippen LogP contribution in [-0.4, -0.2) is 23.0 Å². The maximum absolute atomic E-state index is 12.1. The number of nitrogens with one attached hydrogen (secondary N) is 1. The molecular formula is C16H23Cl2N3OS2. The number of rotatable bonds is 6. The van der Waals surface area contributed by atoms with Crippen molar-refractivity contribution in [3.05, 3.63) is 45.9 Å². The highest BCUT2D eigenvalue weighted by Crippen LogP contribution is 2.24. The first-order valence-corrected chi connectivity index (χ1v) is 8.92. The standard InChI is InChI=1S/C16H21N3OS2.2ClH/c1-11-18-13(8-21-11)9-22-14-6-4-12(5-7-14)15(20)19-16(2,3)10-17;;/h4-8H,9-10,17H2,1-3H3,(H,19,20);2*1H. The maximum Gasteiger partial charge on any atom is 0.251 e. The zero-order valence-electron chi connectivity index (χ0n) is 13.9. The molecule has 0 radical (unpaired) electrons. The summed E-state index contributed by atoms with van der Waals surface area (Å²) in [7, 11) is 0. The predicted octanol–water partition coefficient (Wildman–Crippen LogP) is 4.05. The van der Waals surface area contributed by atoms with Crippen LogP contribution in [0.2, 0.25) is 0 Å². The van der Waals surface area contributed by atoms with Crippen molar-refractivity contribution in [3.8, 4) is 0 Å². The lowest BCUT2D eigenvalue weighted by atomic mass is 10.1. The second-order valence-electron chi connectivity index (χ2n) is 5.71. The molecule has 0 atom stereocenters. The van der Waals surface area contributed by atoms with Crippen molar-refractivity contribution in [2.24, 2.45) is 5.73 Å². The van der Waals surface area contributed by atoms with Crippen LogP contribution in [0.4, 0.5) is 0 Å². The molecule has 1 amide bonds. The Labute approximate surface area is 163 Å². The van der Waals surface area contributed by atoms with Crippen LogP contribution in [0, 0.1) is 6.92 Å². The van der Waals surface area contributed by atoms with Gasteiger partial charge in [0.25, 0.3) is 5.91 Å². The van der Waals surface area contributed by atoms with Crippen molar-refractivity contribution in [1.29, 1.82) is 0 Å². The summed E-state index contributed by atoms with van der Waals surface area (Å²) in [6, 6.07) is 7.62. The normalized spacial score (nSPS) is 10.5. The van der Waals surface area contributed by atoms with E-state index in [9.17, 15) is 4.79 Å². The molecule has 0 aliphatic carbocycles. The smallest absolute Gasteiger partial charge is 0.251 e. The fourth-order valence-electron chi connectivity index (χ4n) is 1.76. The Kier molecular flexibility index (Phi) is 9.92. The van der Waals surface area contributed by atoms with Crippen LogP contribution in [-0.2, 0) is 5.75 Å². The van der Waals surface area contributed by atoms with Gasteiger partial charge in [0.1, 0.15) is 0 Å². The van der Waals surface area contributed by atoms with Gasteiger partial charge in [-0.05, 0) is 45.0 Å². The van der Waals surface area contributed by atoms with E-state index in [2.05, 4.69) is 15.7 Å². The second-order valence-corrected chi connectivity index (χ2v) is 7.82. The van der Waals surface area contributed by atoms with E-state index >= 15 is 0 Å². The summed E-state index contributed by atoms with van der Waals surface area (Å²) < 4.78 is 0. The minimum absolute atomic E-state index is 0. The first-order chi connectivity index (χ1) is 10.4. The number of thiazole rings is 1. The molecule has 134 valence electrons. The Morgan fingerprint density at radius 3 is 2.42 bits per heavy atom. The van der Waals surface area contributed by atoms with Crippen LogP contribution in [0.5, 0.6) is 0 Å². The lowest BCUT2D eigenvalue weighted by molar-refractivity contribution is 0.0915. The number of aromatic nitrogens is 1. The van der Waals surface area contributed by atoms with E-state index in [4.69, 9.17) is 5.73 Å². The number of nitrogens with zero attached hydrogens (tertiary/aromatic N) is 1. The van der Waals surface area contributed by atoms with Gasteiger partial charge in [-0.1, -0.05) is 0 Å². The summed E-state index contributed by atoms with van der Waals surface area (Å²) in [6.45, 7) is 6.23. The third-order valence-electron chi connectivity index (χ3n) is 3.13. The first kappa shape index (κ1) is 23.2. The summed E-state index contributed by atoms with van der Waals surface area (Å²) in [5.41, 5.74) is 6.98. The van der Waals surface area contributed by atoms with E-state index < -0.39 is 5.54 Å². The molecule has 0 saturated heterocycles. The van der Waals surface area contributed by atoms with Crippen LogP contribution < -0.4 is 11.1 Å². The molecule has 0 bridgehead atoms. The predicted molar refractivity (Wildman–Crippen MR) is 108 cm³/mol. The van der Waals surface area contributed by atoms with Gasteiger partial charge in [-0.3, -0.25) is 4.79 Å². The fraction of sp³-hybridized carbons (Fsp3) is 0.375. The third kappa shape index (κ3) is 6.99. The zero-order valence-corrected chi connectivity index (χ0v) is 17.1. The van der Waals surface area contributed by atoms with Gasteiger partial charge in [0.2, 0.25) is 0 Å². The highest BCUT2D eigenvalue weighted by Gasteiger charge is 2.19. The SMILES string of the molecule is Cc1nc(CSc2ccc(C(=O)NC(C)(C)CN)cc2)cs1.Cl.Cl. The van der Waals surface area contributed by atoms with E-state index in [-0.39, 0.29) is 30.7 Å². The molecule has 8 heteroatoms. The van der Waals surface area contributed by atoms with Crippen molar-refractivity contribution in [2.75, 3.05) is 6.54 Å². The Balaban J connectivity index is 0.00000264. The van der Waals surface area contributed by atoms with Gasteiger partial charge >= 0.3 is 0 Å². The van der Waals surface area contributed by atoms with Crippen molar-refractivity contribution in [1.82, 2.24) is 10.3 Å². The Morgan fingerprint density at radius 1 is 1.29 bits per heavy atom. The molecule has 0 saturated carbocycles. The van der Waals surface area contributed by atoms with E-state index in [1.165, 1.54) is 0 Å². The molecule has 2 aromatic rings. The number of nitrogens with two attached hydrogens (primary N) is 1. The molecule has 3 N–H and O–H groups in total. The van der Waals surface area contributed by atoms with E-state index in [1.54, 1.807) is 23.1 Å². The third-order valence-corrected chi connectivity index (χ3v) is 5.00. The Morgan fingerprint density at radius 2 is 1.92 bits per heavy atom. The zero-order chi connectivity index (χ0) is 16.2. The molecule has 24 heavy (non-hydrogen) atoms. The van der Waals surface area contributed by atoms with Crippen molar-refractivity contribution >= 4 is 53.8 Å². The number of carbonyl (C=O) groups is 1. The van der Waals surface area contributed by atoms with Gasteiger partial charge in [-0.2, -0.15) is 0 Å². The van der Waals surface area contributed by atoms with Gasteiger partial charge in [-0.25, -0.2) is 4.98 Å². The van der Waals surface area contributed by atoms with Crippen LogP contribution in [0.3, 0.4) is 0 Å². The van der Waals surface area contributed by atoms with E-state index in [0.29, 0.717) is 12.1 Å². The van der Waals surface area contributed by atoms with Crippen molar-refractivity contribution < 1.29 is 4.79 Å². The molecule has 1 aromatic heterocycles. The van der Waals surface area contributed by atoms with E-state index in [1.807, 2.05) is 45.0 Å². The molecule has 0 spiro atoms. The highest BCUT2D eigenvalue weighted by molar-refractivity contribution is 7.98.